The largest absolute Gasteiger partial charge is 0.445 e. The second kappa shape index (κ2) is 11.3. The molecule has 0 heterocycles. The van der Waals surface area contributed by atoms with Gasteiger partial charge in [0.2, 0.25) is 5.91 Å². The zero-order chi connectivity index (χ0) is 19.5. The Morgan fingerprint density at radius 1 is 1.12 bits per heavy atom. The molecule has 144 valence electrons. The maximum absolute atomic E-state index is 12.6. The van der Waals surface area contributed by atoms with Gasteiger partial charge in [-0.2, -0.15) is 0 Å². The fraction of sp³-hybridized carbons (Fsp3) is 0.550. The van der Waals surface area contributed by atoms with Crippen LogP contribution in [-0.4, -0.2) is 30.4 Å². The molecule has 1 rings (SSSR count). The second-order valence-electron chi connectivity index (χ2n) is 6.95. The standard InChI is InChI=1S/C20H30N2O4/c1-5-15(4)18(19(24)21-17(12-23)11-14(2)3)22-20(25)26-13-16-9-7-6-8-10-16/h6-10,12,14-15,17-18H,5,11,13H2,1-4H3,(H,21,24)(H,22,25)/t15-,17?,18-/m0/s1. The lowest BCUT2D eigenvalue weighted by Gasteiger charge is -2.25. The van der Waals surface area contributed by atoms with E-state index in [9.17, 15) is 14.4 Å². The third-order valence-electron chi connectivity index (χ3n) is 4.20. The van der Waals surface area contributed by atoms with Crippen LogP contribution in [0.3, 0.4) is 0 Å². The maximum atomic E-state index is 12.6. The van der Waals surface area contributed by atoms with Gasteiger partial charge in [-0.25, -0.2) is 4.79 Å². The molecule has 6 heteroatoms. The summed E-state index contributed by atoms with van der Waals surface area (Å²) in [7, 11) is 0. The van der Waals surface area contributed by atoms with Crippen LogP contribution >= 0.6 is 0 Å². The number of carbonyl (C=O) groups is 3. The van der Waals surface area contributed by atoms with Crippen molar-refractivity contribution >= 4 is 18.3 Å². The van der Waals surface area contributed by atoms with Crippen LogP contribution in [0, 0.1) is 11.8 Å². The monoisotopic (exact) mass is 362 g/mol. The minimum Gasteiger partial charge on any atom is -0.445 e. The van der Waals surface area contributed by atoms with Crippen LogP contribution in [0.1, 0.15) is 46.1 Å². The average molecular weight is 362 g/mol. The number of ether oxygens (including phenoxy) is 1. The van der Waals surface area contributed by atoms with E-state index in [-0.39, 0.29) is 24.3 Å². The van der Waals surface area contributed by atoms with Crippen LogP contribution in [-0.2, 0) is 20.9 Å². The third kappa shape index (κ3) is 7.68. The molecule has 2 N–H and O–H groups in total. The Hall–Kier alpha value is -2.37. The van der Waals surface area contributed by atoms with Crippen LogP contribution in [0.25, 0.3) is 0 Å². The van der Waals surface area contributed by atoms with Gasteiger partial charge >= 0.3 is 6.09 Å². The molecule has 1 aromatic rings. The first kappa shape index (κ1) is 21.7. The number of nitrogens with one attached hydrogen (secondary N) is 2. The number of hydrogen-bond donors (Lipinski definition) is 2. The van der Waals surface area contributed by atoms with E-state index in [2.05, 4.69) is 10.6 Å². The summed E-state index contributed by atoms with van der Waals surface area (Å²) in [6.45, 7) is 7.90. The molecule has 1 aromatic carbocycles. The van der Waals surface area contributed by atoms with Gasteiger partial charge in [-0.05, 0) is 23.8 Å². The quantitative estimate of drug-likeness (QED) is 0.627. The fourth-order valence-corrected chi connectivity index (χ4v) is 2.52. The molecule has 3 atom stereocenters. The van der Waals surface area contributed by atoms with Gasteiger partial charge in [-0.15, -0.1) is 0 Å². The van der Waals surface area contributed by atoms with Crippen molar-refractivity contribution in [2.75, 3.05) is 0 Å². The summed E-state index contributed by atoms with van der Waals surface area (Å²) in [5.74, 6) is -0.185. The van der Waals surface area contributed by atoms with Crippen LogP contribution < -0.4 is 10.6 Å². The molecular formula is C20H30N2O4. The Morgan fingerprint density at radius 3 is 2.31 bits per heavy atom. The Morgan fingerprint density at radius 2 is 1.77 bits per heavy atom. The summed E-state index contributed by atoms with van der Waals surface area (Å²) in [4.78, 5) is 35.9. The molecule has 26 heavy (non-hydrogen) atoms. The SMILES string of the molecule is CC[C@H](C)[C@H](NC(=O)OCc1ccccc1)C(=O)NC(C=O)CC(C)C. The lowest BCUT2D eigenvalue weighted by atomic mass is 9.97. The third-order valence-corrected chi connectivity index (χ3v) is 4.20. The van der Waals surface area contributed by atoms with E-state index in [0.717, 1.165) is 11.8 Å². The first-order valence-corrected chi connectivity index (χ1v) is 9.10. The Kier molecular flexibility index (Phi) is 9.41. The number of amides is 2. The van der Waals surface area contributed by atoms with Crippen LogP contribution in [0.5, 0.6) is 0 Å². The number of rotatable bonds is 10. The Labute approximate surface area is 155 Å². The first-order chi connectivity index (χ1) is 12.4. The predicted octanol–water partition coefficient (Wildman–Crippen LogP) is 3.06. The van der Waals surface area contributed by atoms with Crippen molar-refractivity contribution in [1.29, 1.82) is 0 Å². The second-order valence-corrected chi connectivity index (χ2v) is 6.95. The zero-order valence-electron chi connectivity index (χ0n) is 16.0. The van der Waals surface area contributed by atoms with Crippen LogP contribution in [0.2, 0.25) is 0 Å². The zero-order valence-corrected chi connectivity index (χ0v) is 16.0. The van der Waals surface area contributed by atoms with Gasteiger partial charge in [-0.1, -0.05) is 64.4 Å². The van der Waals surface area contributed by atoms with E-state index >= 15 is 0 Å². The average Bonchev–Trinajstić information content (AvgIpc) is 2.63. The van der Waals surface area contributed by atoms with Gasteiger partial charge in [0.1, 0.15) is 18.9 Å². The van der Waals surface area contributed by atoms with Crippen molar-refractivity contribution in [3.05, 3.63) is 35.9 Å². The number of hydrogen-bond acceptors (Lipinski definition) is 4. The summed E-state index contributed by atoms with van der Waals surface area (Å²) in [6.07, 6.45) is 1.34. The van der Waals surface area contributed by atoms with E-state index in [0.29, 0.717) is 12.8 Å². The summed E-state index contributed by atoms with van der Waals surface area (Å²) in [6, 6.07) is 8.00. The number of alkyl carbamates (subject to hydrolysis) is 1. The molecule has 0 aliphatic carbocycles. The van der Waals surface area contributed by atoms with Crippen molar-refractivity contribution in [3.8, 4) is 0 Å². The van der Waals surface area contributed by atoms with Gasteiger partial charge in [0.15, 0.2) is 0 Å². The summed E-state index contributed by atoms with van der Waals surface area (Å²) in [5.41, 5.74) is 0.866. The van der Waals surface area contributed by atoms with Gasteiger partial charge < -0.3 is 20.2 Å². The van der Waals surface area contributed by atoms with Gasteiger partial charge in [0.25, 0.3) is 0 Å². The molecule has 0 aliphatic rings. The van der Waals surface area contributed by atoms with Crippen molar-refractivity contribution < 1.29 is 19.1 Å². The molecule has 2 amide bonds. The minimum atomic E-state index is -0.752. The maximum Gasteiger partial charge on any atom is 0.408 e. The lowest BCUT2D eigenvalue weighted by molar-refractivity contribution is -0.127. The smallest absolute Gasteiger partial charge is 0.408 e. The molecule has 0 spiro atoms. The molecular weight excluding hydrogens is 332 g/mol. The molecule has 0 saturated carbocycles. The van der Waals surface area contributed by atoms with Gasteiger partial charge in [0.05, 0.1) is 6.04 Å². The number of carbonyl (C=O) groups excluding carboxylic acids is 3. The molecule has 0 fully saturated rings. The van der Waals surface area contributed by atoms with Crippen LogP contribution in [0.15, 0.2) is 30.3 Å². The molecule has 0 bridgehead atoms. The molecule has 0 aromatic heterocycles. The van der Waals surface area contributed by atoms with Crippen molar-refractivity contribution in [2.24, 2.45) is 11.8 Å². The van der Waals surface area contributed by atoms with Crippen LogP contribution in [0.4, 0.5) is 4.79 Å². The minimum absolute atomic E-state index is 0.0920. The van der Waals surface area contributed by atoms with Gasteiger partial charge in [0, 0.05) is 0 Å². The summed E-state index contributed by atoms with van der Waals surface area (Å²) >= 11 is 0. The van der Waals surface area contributed by atoms with Gasteiger partial charge in [-0.3, -0.25) is 4.79 Å². The predicted molar refractivity (Wildman–Crippen MR) is 100 cm³/mol. The normalized spacial score (nSPS) is 14.2. The molecule has 0 aliphatic heterocycles. The summed E-state index contributed by atoms with van der Waals surface area (Å²) < 4.78 is 5.20. The summed E-state index contributed by atoms with van der Waals surface area (Å²) in [5, 5.41) is 5.35. The first-order valence-electron chi connectivity index (χ1n) is 9.10. The molecule has 0 saturated heterocycles. The lowest BCUT2D eigenvalue weighted by Crippen LogP contribution is -2.53. The van der Waals surface area contributed by atoms with Crippen molar-refractivity contribution in [1.82, 2.24) is 10.6 Å². The fourth-order valence-electron chi connectivity index (χ4n) is 2.52. The van der Waals surface area contributed by atoms with E-state index < -0.39 is 18.2 Å². The highest BCUT2D eigenvalue weighted by Crippen LogP contribution is 2.10. The highest BCUT2D eigenvalue weighted by atomic mass is 16.5. The van der Waals surface area contributed by atoms with E-state index in [1.165, 1.54) is 0 Å². The highest BCUT2D eigenvalue weighted by molar-refractivity contribution is 5.87. The highest BCUT2D eigenvalue weighted by Gasteiger charge is 2.28. The Bertz CT molecular complexity index is 574. The van der Waals surface area contributed by atoms with E-state index in [4.69, 9.17) is 4.74 Å². The van der Waals surface area contributed by atoms with Crippen molar-refractivity contribution in [2.45, 2.75) is 59.2 Å². The Balaban J connectivity index is 2.65. The number of aldehydes is 1. The topological polar surface area (TPSA) is 84.5 Å². The van der Waals surface area contributed by atoms with Crippen molar-refractivity contribution in [3.63, 3.8) is 0 Å². The molecule has 6 nitrogen and oxygen atoms in total. The van der Waals surface area contributed by atoms with E-state index in [1.807, 2.05) is 58.0 Å². The van der Waals surface area contributed by atoms with E-state index in [1.54, 1.807) is 0 Å². The molecule has 0 radical (unpaired) electrons. The number of benzene rings is 1. The molecule has 1 unspecified atom stereocenters.